The van der Waals surface area contributed by atoms with Gasteiger partial charge >= 0.3 is 5.97 Å². The van der Waals surface area contributed by atoms with Crippen molar-refractivity contribution in [2.24, 2.45) is 5.92 Å². The Labute approximate surface area is 113 Å². The number of hydrogen-bond donors (Lipinski definition) is 1. The molecule has 0 saturated carbocycles. The summed E-state index contributed by atoms with van der Waals surface area (Å²) in [6, 6.07) is 0. The highest BCUT2D eigenvalue weighted by molar-refractivity contribution is 5.84. The molecule has 6 nitrogen and oxygen atoms in total. The number of rotatable bonds is 5. The first-order valence-corrected chi connectivity index (χ1v) is 6.70. The van der Waals surface area contributed by atoms with Crippen LogP contribution in [0.25, 0.3) is 0 Å². The van der Waals surface area contributed by atoms with Crippen LogP contribution >= 0.6 is 0 Å². The second-order valence-electron chi connectivity index (χ2n) is 4.99. The highest BCUT2D eigenvalue weighted by Crippen LogP contribution is 2.17. The minimum Gasteiger partial charge on any atom is -0.481 e. The lowest BCUT2D eigenvalue weighted by atomic mass is 9.97. The third-order valence-corrected chi connectivity index (χ3v) is 3.46. The summed E-state index contributed by atoms with van der Waals surface area (Å²) in [6.07, 6.45) is 2.20. The van der Waals surface area contributed by atoms with Crippen molar-refractivity contribution in [3.63, 3.8) is 0 Å². The zero-order valence-electron chi connectivity index (χ0n) is 11.6. The average Bonchev–Trinajstić information content (AvgIpc) is 2.38. The highest BCUT2D eigenvalue weighted by Gasteiger charge is 2.27. The van der Waals surface area contributed by atoms with E-state index >= 15 is 0 Å². The van der Waals surface area contributed by atoms with E-state index < -0.39 is 5.97 Å². The van der Waals surface area contributed by atoms with E-state index in [0.717, 1.165) is 6.42 Å². The molecule has 0 aromatic heterocycles. The van der Waals surface area contributed by atoms with Crippen molar-refractivity contribution < 1.29 is 19.5 Å². The summed E-state index contributed by atoms with van der Waals surface area (Å²) < 4.78 is 0. The molecule has 0 atom stereocenters. The molecule has 108 valence electrons. The molecule has 1 aliphatic rings. The van der Waals surface area contributed by atoms with Crippen molar-refractivity contribution in [2.45, 2.75) is 32.6 Å². The highest BCUT2D eigenvalue weighted by atomic mass is 16.4. The Morgan fingerprint density at radius 3 is 2.32 bits per heavy atom. The molecule has 0 bridgehead atoms. The normalized spacial score (nSPS) is 16.2. The largest absolute Gasteiger partial charge is 0.481 e. The third-order valence-electron chi connectivity index (χ3n) is 3.46. The molecule has 19 heavy (non-hydrogen) atoms. The Balaban J connectivity index is 2.39. The van der Waals surface area contributed by atoms with E-state index in [0.29, 0.717) is 32.4 Å². The van der Waals surface area contributed by atoms with Gasteiger partial charge in [0.15, 0.2) is 0 Å². The van der Waals surface area contributed by atoms with Gasteiger partial charge in [0.05, 0.1) is 12.5 Å². The molecule has 1 saturated heterocycles. The predicted molar refractivity (Wildman–Crippen MR) is 69.5 cm³/mol. The van der Waals surface area contributed by atoms with Crippen LogP contribution < -0.4 is 0 Å². The van der Waals surface area contributed by atoms with Gasteiger partial charge in [0.25, 0.3) is 0 Å². The van der Waals surface area contributed by atoms with Gasteiger partial charge in [-0.15, -0.1) is 0 Å². The molecule has 1 fully saturated rings. The topological polar surface area (TPSA) is 77.9 Å². The lowest BCUT2D eigenvalue weighted by Gasteiger charge is -2.31. The molecule has 1 rings (SSSR count). The van der Waals surface area contributed by atoms with E-state index in [1.807, 2.05) is 6.92 Å². The summed E-state index contributed by atoms with van der Waals surface area (Å²) in [4.78, 5) is 37.5. The summed E-state index contributed by atoms with van der Waals surface area (Å²) in [5, 5.41) is 8.88. The van der Waals surface area contributed by atoms with Crippen molar-refractivity contribution in [1.82, 2.24) is 9.80 Å². The maximum Gasteiger partial charge on any atom is 0.306 e. The second kappa shape index (κ2) is 7.11. The molecule has 0 radical (unpaired) electrons. The number of aliphatic carboxylic acids is 1. The fourth-order valence-electron chi connectivity index (χ4n) is 2.17. The molecule has 6 heteroatoms. The summed E-state index contributed by atoms with van der Waals surface area (Å²) in [5.41, 5.74) is 0. The van der Waals surface area contributed by atoms with E-state index in [2.05, 4.69) is 0 Å². The van der Waals surface area contributed by atoms with Crippen molar-refractivity contribution in [2.75, 3.05) is 26.7 Å². The van der Waals surface area contributed by atoms with Crippen LogP contribution in [-0.2, 0) is 14.4 Å². The number of likely N-dealkylation sites (tertiary alicyclic amines) is 1. The first-order valence-electron chi connectivity index (χ1n) is 6.70. The quantitative estimate of drug-likeness (QED) is 0.792. The van der Waals surface area contributed by atoms with Gasteiger partial charge in [0.2, 0.25) is 11.8 Å². The fraction of sp³-hybridized carbons (Fsp3) is 0.769. The minimum atomic E-state index is -0.789. The summed E-state index contributed by atoms with van der Waals surface area (Å²) in [5.74, 6) is -1.27. The van der Waals surface area contributed by atoms with Crippen LogP contribution in [0.3, 0.4) is 0 Å². The van der Waals surface area contributed by atoms with E-state index in [-0.39, 0.29) is 24.3 Å². The van der Waals surface area contributed by atoms with Crippen LogP contribution in [-0.4, -0.2) is 59.4 Å². The number of piperidine rings is 1. The fourth-order valence-corrected chi connectivity index (χ4v) is 2.17. The lowest BCUT2D eigenvalue weighted by Crippen LogP contribution is -2.45. The molecule has 1 aliphatic heterocycles. The third kappa shape index (κ3) is 4.54. The minimum absolute atomic E-state index is 0.0312. The molecule has 2 amide bonds. The second-order valence-corrected chi connectivity index (χ2v) is 4.99. The number of carbonyl (C=O) groups excluding carboxylic acids is 2. The molecule has 0 aromatic rings. The number of nitrogens with zero attached hydrogens (tertiary/aromatic N) is 2. The summed E-state index contributed by atoms with van der Waals surface area (Å²) in [7, 11) is 1.62. The Kier molecular flexibility index (Phi) is 5.79. The zero-order chi connectivity index (χ0) is 14.4. The molecule has 0 unspecified atom stereocenters. The molecule has 0 aliphatic carbocycles. The Morgan fingerprint density at radius 1 is 1.26 bits per heavy atom. The van der Waals surface area contributed by atoms with E-state index in [1.165, 1.54) is 4.90 Å². The van der Waals surface area contributed by atoms with Crippen LogP contribution in [0.2, 0.25) is 0 Å². The van der Waals surface area contributed by atoms with Crippen LogP contribution in [0.1, 0.15) is 32.6 Å². The van der Waals surface area contributed by atoms with Crippen LogP contribution in [0.5, 0.6) is 0 Å². The maximum absolute atomic E-state index is 12.0. The molecule has 0 spiro atoms. The van der Waals surface area contributed by atoms with Crippen LogP contribution in [0.15, 0.2) is 0 Å². The number of amides is 2. The smallest absolute Gasteiger partial charge is 0.306 e. The van der Waals surface area contributed by atoms with Crippen LogP contribution in [0, 0.1) is 5.92 Å². The van der Waals surface area contributed by atoms with Gasteiger partial charge in [-0.1, -0.05) is 6.92 Å². The standard InChI is InChI=1S/C13H22N2O4/c1-3-4-11(16)14(2)9-12(17)15-7-5-10(6-8-15)13(18)19/h10H,3-9H2,1-2H3,(H,18,19). The Hall–Kier alpha value is -1.59. The van der Waals surface area contributed by atoms with Gasteiger partial charge < -0.3 is 14.9 Å². The average molecular weight is 270 g/mol. The molecular weight excluding hydrogens is 248 g/mol. The maximum atomic E-state index is 12.0. The Morgan fingerprint density at radius 2 is 1.84 bits per heavy atom. The van der Waals surface area contributed by atoms with Crippen LogP contribution in [0.4, 0.5) is 0 Å². The Bertz CT molecular complexity index is 349. The van der Waals surface area contributed by atoms with Gasteiger partial charge in [-0.05, 0) is 19.3 Å². The zero-order valence-corrected chi connectivity index (χ0v) is 11.6. The summed E-state index contributed by atoms with van der Waals surface area (Å²) in [6.45, 7) is 2.93. The number of likely N-dealkylation sites (N-methyl/N-ethyl adjacent to an activating group) is 1. The van der Waals surface area contributed by atoms with Crippen molar-refractivity contribution >= 4 is 17.8 Å². The van der Waals surface area contributed by atoms with Crippen molar-refractivity contribution in [3.05, 3.63) is 0 Å². The number of carbonyl (C=O) groups is 3. The number of hydrogen-bond acceptors (Lipinski definition) is 3. The monoisotopic (exact) mass is 270 g/mol. The van der Waals surface area contributed by atoms with Gasteiger partial charge in [0.1, 0.15) is 0 Å². The lowest BCUT2D eigenvalue weighted by molar-refractivity contribution is -0.146. The first-order chi connectivity index (χ1) is 8.95. The predicted octanol–water partition coefficient (Wildman–Crippen LogP) is 0.568. The van der Waals surface area contributed by atoms with Gasteiger partial charge in [-0.25, -0.2) is 0 Å². The van der Waals surface area contributed by atoms with Gasteiger partial charge in [-0.2, -0.15) is 0 Å². The summed E-state index contributed by atoms with van der Waals surface area (Å²) >= 11 is 0. The number of carboxylic acids is 1. The van der Waals surface area contributed by atoms with Crippen molar-refractivity contribution in [1.29, 1.82) is 0 Å². The van der Waals surface area contributed by atoms with E-state index in [4.69, 9.17) is 5.11 Å². The first kappa shape index (κ1) is 15.5. The van der Waals surface area contributed by atoms with E-state index in [9.17, 15) is 14.4 Å². The molecule has 1 N–H and O–H groups in total. The molecule has 1 heterocycles. The van der Waals surface area contributed by atoms with Gasteiger partial charge in [0, 0.05) is 26.6 Å². The molecular formula is C13H22N2O4. The molecule has 0 aromatic carbocycles. The van der Waals surface area contributed by atoms with E-state index in [1.54, 1.807) is 11.9 Å². The SMILES string of the molecule is CCCC(=O)N(C)CC(=O)N1CCC(C(=O)O)CC1. The number of carboxylic acid groups (broad SMARTS) is 1. The van der Waals surface area contributed by atoms with Gasteiger partial charge in [-0.3, -0.25) is 14.4 Å². The van der Waals surface area contributed by atoms with Crippen molar-refractivity contribution in [3.8, 4) is 0 Å².